The molecule has 1 aromatic heterocycles. The van der Waals surface area contributed by atoms with Gasteiger partial charge in [-0.3, -0.25) is 0 Å². The molecule has 0 bridgehead atoms. The SMILES string of the molecule is FC(F)(F)c1ccc(N2CCCN(CCCl)CC2)nc1. The van der Waals surface area contributed by atoms with Gasteiger partial charge >= 0.3 is 6.18 Å². The number of rotatable bonds is 3. The first-order valence-corrected chi connectivity index (χ1v) is 7.10. The Morgan fingerprint density at radius 1 is 1.15 bits per heavy atom. The Balaban J connectivity index is 2.01. The first-order valence-electron chi connectivity index (χ1n) is 6.57. The van der Waals surface area contributed by atoms with Crippen molar-refractivity contribution < 1.29 is 13.2 Å². The molecule has 0 N–H and O–H groups in total. The lowest BCUT2D eigenvalue weighted by Gasteiger charge is -2.22. The van der Waals surface area contributed by atoms with Gasteiger partial charge in [0.2, 0.25) is 0 Å². The summed E-state index contributed by atoms with van der Waals surface area (Å²) in [5, 5.41) is 0. The van der Waals surface area contributed by atoms with E-state index < -0.39 is 11.7 Å². The van der Waals surface area contributed by atoms with Crippen molar-refractivity contribution in [3.8, 4) is 0 Å². The molecule has 0 aromatic carbocycles. The van der Waals surface area contributed by atoms with Crippen LogP contribution in [0.5, 0.6) is 0 Å². The molecule has 1 fully saturated rings. The summed E-state index contributed by atoms with van der Waals surface area (Å²) in [6.45, 7) is 4.22. The topological polar surface area (TPSA) is 19.4 Å². The average Bonchev–Trinajstić information content (AvgIpc) is 2.64. The van der Waals surface area contributed by atoms with Gasteiger partial charge in [0.1, 0.15) is 5.82 Å². The zero-order valence-electron chi connectivity index (χ0n) is 11.0. The number of anilines is 1. The second-order valence-corrected chi connectivity index (χ2v) is 5.15. The van der Waals surface area contributed by atoms with Crippen LogP contribution >= 0.6 is 11.6 Å². The second-order valence-electron chi connectivity index (χ2n) is 4.77. The van der Waals surface area contributed by atoms with E-state index in [1.165, 1.54) is 6.07 Å². The third-order valence-electron chi connectivity index (χ3n) is 3.39. The molecule has 1 aliphatic rings. The third kappa shape index (κ3) is 3.99. The van der Waals surface area contributed by atoms with Crippen molar-refractivity contribution in [1.29, 1.82) is 0 Å². The maximum absolute atomic E-state index is 12.5. The molecule has 2 heterocycles. The van der Waals surface area contributed by atoms with Crippen molar-refractivity contribution in [2.75, 3.05) is 43.5 Å². The van der Waals surface area contributed by atoms with Gasteiger partial charge in [-0.1, -0.05) is 0 Å². The molecule has 2 rings (SSSR count). The Morgan fingerprint density at radius 3 is 2.55 bits per heavy atom. The van der Waals surface area contributed by atoms with Crippen LogP contribution in [0.25, 0.3) is 0 Å². The molecule has 112 valence electrons. The zero-order valence-corrected chi connectivity index (χ0v) is 11.8. The number of hydrogen-bond donors (Lipinski definition) is 0. The lowest BCUT2D eigenvalue weighted by Crippen LogP contribution is -2.32. The number of halogens is 4. The minimum absolute atomic E-state index is 0.596. The number of nitrogens with zero attached hydrogens (tertiary/aromatic N) is 3. The summed E-state index contributed by atoms with van der Waals surface area (Å²) in [7, 11) is 0. The molecule has 20 heavy (non-hydrogen) atoms. The van der Waals surface area contributed by atoms with Crippen LogP contribution in [0.15, 0.2) is 18.3 Å². The Bertz CT molecular complexity index is 422. The number of pyridine rings is 1. The quantitative estimate of drug-likeness (QED) is 0.801. The van der Waals surface area contributed by atoms with Gasteiger partial charge in [0.05, 0.1) is 5.56 Å². The number of alkyl halides is 4. The summed E-state index contributed by atoms with van der Waals surface area (Å²) in [6.07, 6.45) is -2.47. The molecule has 1 aliphatic heterocycles. The molecule has 0 atom stereocenters. The second kappa shape index (κ2) is 6.63. The number of aromatic nitrogens is 1. The van der Waals surface area contributed by atoms with E-state index in [4.69, 9.17) is 11.6 Å². The van der Waals surface area contributed by atoms with E-state index in [0.717, 1.165) is 51.4 Å². The van der Waals surface area contributed by atoms with Crippen LogP contribution in [0.1, 0.15) is 12.0 Å². The van der Waals surface area contributed by atoms with Gasteiger partial charge in [-0.05, 0) is 25.1 Å². The fourth-order valence-electron chi connectivity index (χ4n) is 2.28. The van der Waals surface area contributed by atoms with Gasteiger partial charge in [-0.25, -0.2) is 4.98 Å². The Hall–Kier alpha value is -1.01. The Labute approximate surface area is 121 Å². The fraction of sp³-hybridized carbons (Fsp3) is 0.615. The van der Waals surface area contributed by atoms with Crippen LogP contribution in [-0.2, 0) is 6.18 Å². The summed E-state index contributed by atoms with van der Waals surface area (Å²) in [6, 6.07) is 2.53. The van der Waals surface area contributed by atoms with Crippen LogP contribution in [0, 0.1) is 0 Å². The monoisotopic (exact) mass is 307 g/mol. The highest BCUT2D eigenvalue weighted by atomic mass is 35.5. The highest BCUT2D eigenvalue weighted by Crippen LogP contribution is 2.29. The van der Waals surface area contributed by atoms with E-state index in [1.54, 1.807) is 0 Å². The van der Waals surface area contributed by atoms with Gasteiger partial charge < -0.3 is 9.80 Å². The minimum atomic E-state index is -4.33. The molecule has 3 nitrogen and oxygen atoms in total. The van der Waals surface area contributed by atoms with E-state index in [9.17, 15) is 13.2 Å². The van der Waals surface area contributed by atoms with Gasteiger partial charge in [0.15, 0.2) is 0 Å². The highest BCUT2D eigenvalue weighted by molar-refractivity contribution is 6.18. The van der Waals surface area contributed by atoms with Crippen molar-refractivity contribution in [2.24, 2.45) is 0 Å². The summed E-state index contributed by atoms with van der Waals surface area (Å²) in [4.78, 5) is 8.23. The van der Waals surface area contributed by atoms with E-state index in [2.05, 4.69) is 9.88 Å². The minimum Gasteiger partial charge on any atom is -0.355 e. The van der Waals surface area contributed by atoms with Gasteiger partial charge in [0, 0.05) is 38.3 Å². The van der Waals surface area contributed by atoms with Crippen LogP contribution in [0.4, 0.5) is 19.0 Å². The van der Waals surface area contributed by atoms with Crippen LogP contribution in [0.3, 0.4) is 0 Å². The molecule has 1 aromatic rings. The lowest BCUT2D eigenvalue weighted by atomic mass is 10.2. The van der Waals surface area contributed by atoms with Crippen molar-refractivity contribution in [3.05, 3.63) is 23.9 Å². The molecule has 1 saturated heterocycles. The number of hydrogen-bond acceptors (Lipinski definition) is 3. The van der Waals surface area contributed by atoms with Gasteiger partial charge in [-0.15, -0.1) is 11.6 Å². The third-order valence-corrected chi connectivity index (χ3v) is 3.56. The molecule has 0 radical (unpaired) electrons. The van der Waals surface area contributed by atoms with Crippen LogP contribution in [-0.4, -0.2) is 48.5 Å². The molecular weight excluding hydrogens is 291 g/mol. The zero-order chi connectivity index (χ0) is 14.6. The predicted molar refractivity (Wildman–Crippen MR) is 73.2 cm³/mol. The molecule has 0 saturated carbocycles. The maximum atomic E-state index is 12.5. The van der Waals surface area contributed by atoms with E-state index >= 15 is 0 Å². The highest BCUT2D eigenvalue weighted by Gasteiger charge is 2.30. The maximum Gasteiger partial charge on any atom is 0.417 e. The smallest absolute Gasteiger partial charge is 0.355 e. The summed E-state index contributed by atoms with van der Waals surface area (Å²) in [5.74, 6) is 1.20. The van der Waals surface area contributed by atoms with Gasteiger partial charge in [-0.2, -0.15) is 13.2 Å². The Kier molecular flexibility index (Phi) is 5.10. The predicted octanol–water partition coefficient (Wildman–Crippen LogP) is 2.85. The molecular formula is C13H17ClF3N3. The van der Waals surface area contributed by atoms with E-state index in [-0.39, 0.29) is 0 Å². The first kappa shape index (κ1) is 15.4. The van der Waals surface area contributed by atoms with Crippen LogP contribution in [0.2, 0.25) is 0 Å². The van der Waals surface area contributed by atoms with E-state index in [1.807, 2.05) is 4.90 Å². The lowest BCUT2D eigenvalue weighted by molar-refractivity contribution is -0.137. The van der Waals surface area contributed by atoms with Gasteiger partial charge in [0.25, 0.3) is 0 Å². The summed E-state index contributed by atoms with van der Waals surface area (Å²) in [5.41, 5.74) is -0.708. The fourth-order valence-corrected chi connectivity index (χ4v) is 2.52. The summed E-state index contributed by atoms with van der Waals surface area (Å²) < 4.78 is 37.5. The van der Waals surface area contributed by atoms with Crippen LogP contribution < -0.4 is 4.90 Å². The van der Waals surface area contributed by atoms with Crippen molar-refractivity contribution in [3.63, 3.8) is 0 Å². The summed E-state index contributed by atoms with van der Waals surface area (Å²) >= 11 is 5.73. The first-order chi connectivity index (χ1) is 9.50. The molecule has 0 unspecified atom stereocenters. The Morgan fingerprint density at radius 2 is 1.95 bits per heavy atom. The normalized spacial score (nSPS) is 18.1. The van der Waals surface area contributed by atoms with Crippen molar-refractivity contribution in [1.82, 2.24) is 9.88 Å². The molecule has 0 spiro atoms. The van der Waals surface area contributed by atoms with Crippen molar-refractivity contribution >= 4 is 17.4 Å². The van der Waals surface area contributed by atoms with E-state index in [0.29, 0.717) is 11.7 Å². The van der Waals surface area contributed by atoms with Crippen molar-refractivity contribution in [2.45, 2.75) is 12.6 Å². The molecule has 7 heteroatoms. The standard InChI is InChI=1S/C13H17ClF3N3/c14-4-7-19-5-1-6-20(9-8-19)12-3-2-11(10-18-12)13(15,16)17/h2-3,10H,1,4-9H2. The molecule has 0 amide bonds. The average molecular weight is 308 g/mol. The largest absolute Gasteiger partial charge is 0.417 e. The molecule has 0 aliphatic carbocycles.